The number of anilines is 1. The SMILES string of the molecule is CCOC(=O)c1cc2n(n1)C[C@@](C)(C(=O)NCCC(C)C)N(c1ccc(OC)cc1)C2=O. The van der Waals surface area contributed by atoms with Crippen molar-refractivity contribution in [2.75, 3.05) is 25.2 Å². The molecule has 0 saturated carbocycles. The van der Waals surface area contributed by atoms with Crippen molar-refractivity contribution in [2.24, 2.45) is 5.92 Å². The second kappa shape index (κ2) is 9.42. The van der Waals surface area contributed by atoms with Gasteiger partial charge in [-0.1, -0.05) is 13.8 Å². The van der Waals surface area contributed by atoms with E-state index in [1.54, 1.807) is 45.2 Å². The molecule has 1 N–H and O–H groups in total. The van der Waals surface area contributed by atoms with Crippen LogP contribution in [0.3, 0.4) is 0 Å². The summed E-state index contributed by atoms with van der Waals surface area (Å²) in [5, 5.41) is 7.21. The van der Waals surface area contributed by atoms with E-state index in [0.29, 0.717) is 23.9 Å². The first-order valence-corrected chi connectivity index (χ1v) is 10.7. The molecule has 9 nitrogen and oxygen atoms in total. The molecule has 3 rings (SSSR count). The van der Waals surface area contributed by atoms with E-state index in [4.69, 9.17) is 9.47 Å². The normalized spacial score (nSPS) is 17.8. The molecule has 32 heavy (non-hydrogen) atoms. The van der Waals surface area contributed by atoms with E-state index < -0.39 is 17.4 Å². The lowest BCUT2D eigenvalue weighted by atomic mass is 9.93. The maximum Gasteiger partial charge on any atom is 0.358 e. The Morgan fingerprint density at radius 1 is 1.25 bits per heavy atom. The van der Waals surface area contributed by atoms with Gasteiger partial charge in [-0.05, 0) is 50.5 Å². The van der Waals surface area contributed by atoms with Gasteiger partial charge in [0.1, 0.15) is 17.0 Å². The van der Waals surface area contributed by atoms with Gasteiger partial charge in [-0.3, -0.25) is 19.2 Å². The molecule has 0 bridgehead atoms. The van der Waals surface area contributed by atoms with Crippen LogP contribution in [0.15, 0.2) is 30.3 Å². The number of rotatable bonds is 8. The van der Waals surface area contributed by atoms with Gasteiger partial charge in [0, 0.05) is 18.3 Å². The van der Waals surface area contributed by atoms with E-state index in [9.17, 15) is 14.4 Å². The molecule has 1 aliphatic rings. The Morgan fingerprint density at radius 3 is 2.53 bits per heavy atom. The summed E-state index contributed by atoms with van der Waals surface area (Å²) >= 11 is 0. The van der Waals surface area contributed by atoms with Gasteiger partial charge in [0.05, 0.1) is 20.3 Å². The van der Waals surface area contributed by atoms with Crippen LogP contribution >= 0.6 is 0 Å². The summed E-state index contributed by atoms with van der Waals surface area (Å²) in [6.45, 7) is 8.34. The van der Waals surface area contributed by atoms with Crippen LogP contribution in [0.5, 0.6) is 5.75 Å². The molecule has 1 atom stereocenters. The van der Waals surface area contributed by atoms with E-state index in [2.05, 4.69) is 24.3 Å². The summed E-state index contributed by atoms with van der Waals surface area (Å²) in [4.78, 5) is 40.6. The van der Waals surface area contributed by atoms with Gasteiger partial charge in [-0.25, -0.2) is 4.79 Å². The third kappa shape index (κ3) is 4.46. The van der Waals surface area contributed by atoms with Crippen LogP contribution in [0.4, 0.5) is 5.69 Å². The topological polar surface area (TPSA) is 103 Å². The Balaban J connectivity index is 2.02. The molecule has 1 aromatic carbocycles. The minimum atomic E-state index is -1.26. The predicted molar refractivity (Wildman–Crippen MR) is 119 cm³/mol. The Morgan fingerprint density at radius 2 is 1.94 bits per heavy atom. The Kier molecular flexibility index (Phi) is 6.86. The van der Waals surface area contributed by atoms with Gasteiger partial charge in [0.25, 0.3) is 5.91 Å². The fourth-order valence-corrected chi connectivity index (χ4v) is 3.69. The highest BCUT2D eigenvalue weighted by Gasteiger charge is 2.49. The van der Waals surface area contributed by atoms with E-state index in [1.807, 2.05) is 0 Å². The zero-order valence-electron chi connectivity index (χ0n) is 19.2. The quantitative estimate of drug-likeness (QED) is 0.631. The number of nitrogens with zero attached hydrogens (tertiary/aromatic N) is 3. The molecule has 1 aliphatic heterocycles. The molecule has 9 heteroatoms. The van der Waals surface area contributed by atoms with Gasteiger partial charge in [-0.15, -0.1) is 0 Å². The van der Waals surface area contributed by atoms with Crippen LogP contribution in [-0.2, 0) is 16.1 Å². The largest absolute Gasteiger partial charge is 0.497 e. The summed E-state index contributed by atoms with van der Waals surface area (Å²) in [6.07, 6.45) is 0.818. The molecule has 0 fully saturated rings. The molecule has 2 aromatic rings. The van der Waals surface area contributed by atoms with E-state index >= 15 is 0 Å². The van der Waals surface area contributed by atoms with E-state index in [1.165, 1.54) is 15.6 Å². The number of benzene rings is 1. The van der Waals surface area contributed by atoms with Crippen LogP contribution in [0.1, 0.15) is 55.1 Å². The van der Waals surface area contributed by atoms with Crippen LogP contribution in [0.2, 0.25) is 0 Å². The minimum Gasteiger partial charge on any atom is -0.497 e. The van der Waals surface area contributed by atoms with Crippen molar-refractivity contribution in [3.63, 3.8) is 0 Å². The molecule has 2 heterocycles. The van der Waals surface area contributed by atoms with Crippen molar-refractivity contribution >= 4 is 23.5 Å². The highest BCUT2D eigenvalue weighted by molar-refractivity contribution is 6.12. The van der Waals surface area contributed by atoms with E-state index in [-0.39, 0.29) is 30.4 Å². The molecule has 0 aliphatic carbocycles. The Labute approximate surface area is 187 Å². The molecule has 0 unspecified atom stereocenters. The zero-order chi connectivity index (χ0) is 23.5. The van der Waals surface area contributed by atoms with Gasteiger partial charge < -0.3 is 14.8 Å². The number of fused-ring (bicyclic) bond motifs is 1. The van der Waals surface area contributed by atoms with Gasteiger partial charge in [0.15, 0.2) is 5.69 Å². The number of hydrogen-bond acceptors (Lipinski definition) is 6. The molecular formula is C23H30N4O5. The number of amides is 2. The maximum absolute atomic E-state index is 13.6. The van der Waals surface area contributed by atoms with Crippen LogP contribution < -0.4 is 15.0 Å². The summed E-state index contributed by atoms with van der Waals surface area (Å²) < 4.78 is 11.7. The van der Waals surface area contributed by atoms with Gasteiger partial charge >= 0.3 is 5.97 Å². The third-order valence-corrected chi connectivity index (χ3v) is 5.46. The van der Waals surface area contributed by atoms with Crippen molar-refractivity contribution in [1.82, 2.24) is 15.1 Å². The van der Waals surface area contributed by atoms with Crippen molar-refractivity contribution in [1.29, 1.82) is 0 Å². The average Bonchev–Trinajstić information content (AvgIpc) is 3.18. The first-order chi connectivity index (χ1) is 15.2. The lowest BCUT2D eigenvalue weighted by molar-refractivity contribution is -0.126. The number of aromatic nitrogens is 2. The molecule has 0 saturated heterocycles. The Hall–Kier alpha value is -3.36. The highest BCUT2D eigenvalue weighted by atomic mass is 16.5. The average molecular weight is 443 g/mol. The smallest absolute Gasteiger partial charge is 0.358 e. The van der Waals surface area contributed by atoms with Crippen LogP contribution in [-0.4, -0.2) is 53.4 Å². The number of methoxy groups -OCH3 is 1. The molecule has 172 valence electrons. The number of carbonyl (C=O) groups is 3. The number of esters is 1. The Bertz CT molecular complexity index is 998. The summed E-state index contributed by atoms with van der Waals surface area (Å²) in [5.41, 5.74) is -0.457. The number of carbonyl (C=O) groups excluding carboxylic acids is 3. The highest BCUT2D eigenvalue weighted by Crippen LogP contribution is 2.33. The molecule has 2 amide bonds. The number of nitrogens with one attached hydrogen (secondary N) is 1. The van der Waals surface area contributed by atoms with E-state index in [0.717, 1.165) is 6.42 Å². The summed E-state index contributed by atoms with van der Waals surface area (Å²) in [6, 6.07) is 8.34. The second-order valence-corrected chi connectivity index (χ2v) is 8.34. The summed E-state index contributed by atoms with van der Waals surface area (Å²) in [5.74, 6) is -0.261. The lowest BCUT2D eigenvalue weighted by Gasteiger charge is -2.43. The first-order valence-electron chi connectivity index (χ1n) is 10.7. The maximum atomic E-state index is 13.6. The lowest BCUT2D eigenvalue weighted by Crippen LogP contribution is -2.64. The fourth-order valence-electron chi connectivity index (χ4n) is 3.69. The van der Waals surface area contributed by atoms with Crippen molar-refractivity contribution in [3.05, 3.63) is 41.7 Å². The van der Waals surface area contributed by atoms with Crippen molar-refractivity contribution < 1.29 is 23.9 Å². The summed E-state index contributed by atoms with van der Waals surface area (Å²) in [7, 11) is 1.56. The molecular weight excluding hydrogens is 412 g/mol. The van der Waals surface area contributed by atoms with Crippen LogP contribution in [0.25, 0.3) is 0 Å². The third-order valence-electron chi connectivity index (χ3n) is 5.46. The second-order valence-electron chi connectivity index (χ2n) is 8.34. The van der Waals surface area contributed by atoms with Crippen LogP contribution in [0, 0.1) is 5.92 Å². The standard InChI is InChI=1S/C23H30N4O5/c1-6-32-21(29)18-13-19-20(28)27(16-7-9-17(31-5)10-8-16)23(4,14-26(19)25-18)22(30)24-12-11-15(2)3/h7-10,13,15H,6,11-12,14H2,1-5H3,(H,24,30)/t23-/m0/s1. The van der Waals surface area contributed by atoms with Gasteiger partial charge in [0.2, 0.25) is 5.91 Å². The number of ether oxygens (including phenoxy) is 2. The minimum absolute atomic E-state index is 0.0364. The first kappa shape index (κ1) is 23.3. The molecule has 1 aromatic heterocycles. The van der Waals surface area contributed by atoms with Crippen molar-refractivity contribution in [3.8, 4) is 5.75 Å². The fraction of sp³-hybridized carbons (Fsp3) is 0.478. The predicted octanol–water partition coefficient (Wildman–Crippen LogP) is 2.65. The molecule has 0 radical (unpaired) electrons. The van der Waals surface area contributed by atoms with Gasteiger partial charge in [-0.2, -0.15) is 5.10 Å². The number of hydrogen-bond donors (Lipinski definition) is 1. The molecule has 0 spiro atoms. The zero-order valence-corrected chi connectivity index (χ0v) is 19.2. The van der Waals surface area contributed by atoms with Crippen molar-refractivity contribution in [2.45, 2.75) is 46.2 Å². The monoisotopic (exact) mass is 442 g/mol.